The summed E-state index contributed by atoms with van der Waals surface area (Å²) in [7, 11) is 1.50. The van der Waals surface area contributed by atoms with Crippen molar-refractivity contribution in [3.63, 3.8) is 0 Å². The quantitative estimate of drug-likeness (QED) is 0.791. The molecule has 0 aliphatic rings. The van der Waals surface area contributed by atoms with E-state index < -0.39 is 0 Å². The fourth-order valence-electron chi connectivity index (χ4n) is 1.63. The standard InChI is InChI=1S/C12H17NS.CH5N/c1-4-5-11-6-10(3)12(13-8-14)7-9(11)2;1-2/h6-8H,4-5H2,1-3H3,(H,13,14);2H2,1H3. The number of hydrogen-bond donors (Lipinski definition) is 2. The van der Waals surface area contributed by atoms with E-state index in [1.807, 2.05) is 0 Å². The molecule has 3 N–H and O–H groups in total. The van der Waals surface area contributed by atoms with Crippen molar-refractivity contribution in [1.82, 2.24) is 0 Å². The van der Waals surface area contributed by atoms with Crippen LogP contribution in [0.2, 0.25) is 0 Å². The predicted molar refractivity (Wildman–Crippen MR) is 77.3 cm³/mol. The molecule has 0 aromatic heterocycles. The third-order valence-electron chi connectivity index (χ3n) is 2.42. The van der Waals surface area contributed by atoms with Gasteiger partial charge < -0.3 is 11.1 Å². The number of aryl methyl sites for hydroxylation is 3. The number of rotatable bonds is 4. The molecule has 1 rings (SSSR count). The Labute approximate surface area is 104 Å². The molecule has 0 spiro atoms. The Balaban J connectivity index is 0.00000106. The van der Waals surface area contributed by atoms with Crippen molar-refractivity contribution in [3.05, 3.63) is 28.8 Å². The van der Waals surface area contributed by atoms with Crippen LogP contribution in [-0.2, 0) is 6.42 Å². The largest absolute Gasteiger partial charge is 0.352 e. The molecule has 0 saturated heterocycles. The van der Waals surface area contributed by atoms with E-state index in [9.17, 15) is 0 Å². The molecule has 1 aromatic rings. The minimum absolute atomic E-state index is 1.12. The molecule has 1 aromatic carbocycles. The summed E-state index contributed by atoms with van der Waals surface area (Å²) in [6, 6.07) is 4.42. The summed E-state index contributed by atoms with van der Waals surface area (Å²) in [4.78, 5) is 0. The molecule has 0 unspecified atom stereocenters. The van der Waals surface area contributed by atoms with Crippen molar-refractivity contribution in [2.24, 2.45) is 5.73 Å². The lowest BCUT2D eigenvalue weighted by Gasteiger charge is -2.10. The summed E-state index contributed by atoms with van der Waals surface area (Å²) in [5.74, 6) is 0. The van der Waals surface area contributed by atoms with Gasteiger partial charge in [0.05, 0.1) is 5.49 Å². The molecule has 90 valence electrons. The molecule has 16 heavy (non-hydrogen) atoms. The number of thiocarbonyl (C=S) groups is 1. The summed E-state index contributed by atoms with van der Waals surface area (Å²) in [5, 5.41) is 3.08. The molecule has 2 nitrogen and oxygen atoms in total. The van der Waals surface area contributed by atoms with Crippen molar-refractivity contribution < 1.29 is 0 Å². The fourth-order valence-corrected chi connectivity index (χ4v) is 1.76. The van der Waals surface area contributed by atoms with Gasteiger partial charge in [0, 0.05) is 5.69 Å². The van der Waals surface area contributed by atoms with Crippen LogP contribution in [0.25, 0.3) is 0 Å². The number of nitrogens with two attached hydrogens (primary N) is 1. The molecule has 0 amide bonds. The van der Waals surface area contributed by atoms with E-state index in [4.69, 9.17) is 12.2 Å². The molecule has 0 aliphatic carbocycles. The molecule has 0 radical (unpaired) electrons. The van der Waals surface area contributed by atoms with E-state index >= 15 is 0 Å². The van der Waals surface area contributed by atoms with Gasteiger partial charge in [0.15, 0.2) is 0 Å². The first-order chi connectivity index (χ1) is 7.69. The van der Waals surface area contributed by atoms with Crippen LogP contribution >= 0.6 is 12.2 Å². The van der Waals surface area contributed by atoms with Gasteiger partial charge in [-0.3, -0.25) is 0 Å². The summed E-state index contributed by atoms with van der Waals surface area (Å²) in [5.41, 5.74) is 11.2. The number of hydrogen-bond acceptors (Lipinski definition) is 2. The molecule has 0 saturated carbocycles. The van der Waals surface area contributed by atoms with Crippen molar-refractivity contribution in [1.29, 1.82) is 0 Å². The van der Waals surface area contributed by atoms with E-state index in [1.165, 1.54) is 30.2 Å². The molecular weight excluding hydrogens is 216 g/mol. The maximum Gasteiger partial charge on any atom is 0.0659 e. The van der Waals surface area contributed by atoms with Gasteiger partial charge in [0.2, 0.25) is 0 Å². The smallest absolute Gasteiger partial charge is 0.0659 e. The van der Waals surface area contributed by atoms with Gasteiger partial charge in [-0.2, -0.15) is 0 Å². The zero-order valence-corrected chi connectivity index (χ0v) is 11.4. The van der Waals surface area contributed by atoms with Gasteiger partial charge in [-0.1, -0.05) is 31.6 Å². The van der Waals surface area contributed by atoms with Crippen LogP contribution in [0, 0.1) is 13.8 Å². The average Bonchev–Trinajstić information content (AvgIpc) is 2.29. The fraction of sp³-hybridized carbons (Fsp3) is 0.462. The average molecular weight is 238 g/mol. The summed E-state index contributed by atoms with van der Waals surface area (Å²) in [6.45, 7) is 6.47. The minimum atomic E-state index is 1.12. The second kappa shape index (κ2) is 8.25. The van der Waals surface area contributed by atoms with Crippen LogP contribution in [0.4, 0.5) is 5.69 Å². The molecular formula is C13H22N2S. The first-order valence-corrected chi connectivity index (χ1v) is 6.04. The summed E-state index contributed by atoms with van der Waals surface area (Å²) >= 11 is 4.78. The van der Waals surface area contributed by atoms with Gasteiger partial charge >= 0.3 is 0 Å². The molecule has 0 bridgehead atoms. The van der Waals surface area contributed by atoms with E-state index in [-0.39, 0.29) is 0 Å². The Morgan fingerprint density at radius 3 is 2.38 bits per heavy atom. The lowest BCUT2D eigenvalue weighted by molar-refractivity contribution is 0.911. The zero-order valence-electron chi connectivity index (χ0n) is 10.6. The van der Waals surface area contributed by atoms with Crippen molar-refractivity contribution in [3.8, 4) is 0 Å². The van der Waals surface area contributed by atoms with Crippen molar-refractivity contribution in [2.45, 2.75) is 33.6 Å². The van der Waals surface area contributed by atoms with Crippen LogP contribution < -0.4 is 11.1 Å². The second-order valence-electron chi connectivity index (χ2n) is 3.61. The highest BCUT2D eigenvalue weighted by Gasteiger charge is 2.02. The Bertz CT molecular complexity index is 335. The highest BCUT2D eigenvalue weighted by molar-refractivity contribution is 7.79. The predicted octanol–water partition coefficient (Wildman–Crippen LogP) is 3.20. The molecule has 0 atom stereocenters. The Morgan fingerprint density at radius 1 is 1.25 bits per heavy atom. The first-order valence-electron chi connectivity index (χ1n) is 5.57. The minimum Gasteiger partial charge on any atom is -0.352 e. The van der Waals surface area contributed by atoms with Crippen molar-refractivity contribution >= 4 is 23.4 Å². The summed E-state index contributed by atoms with van der Waals surface area (Å²) < 4.78 is 0. The topological polar surface area (TPSA) is 38.0 Å². The Morgan fingerprint density at radius 2 is 1.88 bits per heavy atom. The lowest BCUT2D eigenvalue weighted by Crippen LogP contribution is -1.98. The maximum atomic E-state index is 4.78. The SMILES string of the molecule is CCCc1cc(C)c(NC=S)cc1C.CN. The highest BCUT2D eigenvalue weighted by atomic mass is 32.1. The van der Waals surface area contributed by atoms with E-state index in [0.717, 1.165) is 12.1 Å². The molecule has 0 aliphatic heterocycles. The normalized spacial score (nSPS) is 9.06. The Hall–Kier alpha value is -0.930. The zero-order chi connectivity index (χ0) is 12.6. The van der Waals surface area contributed by atoms with Gasteiger partial charge in [-0.25, -0.2) is 0 Å². The number of benzene rings is 1. The second-order valence-corrected chi connectivity index (χ2v) is 3.84. The van der Waals surface area contributed by atoms with Gasteiger partial charge in [-0.15, -0.1) is 0 Å². The van der Waals surface area contributed by atoms with Crippen molar-refractivity contribution in [2.75, 3.05) is 12.4 Å². The van der Waals surface area contributed by atoms with Crippen LogP contribution in [0.3, 0.4) is 0 Å². The highest BCUT2D eigenvalue weighted by Crippen LogP contribution is 2.21. The molecule has 0 fully saturated rings. The summed E-state index contributed by atoms with van der Waals surface area (Å²) in [6.07, 6.45) is 2.35. The number of anilines is 1. The first kappa shape index (κ1) is 15.1. The van der Waals surface area contributed by atoms with Crippen LogP contribution in [0.1, 0.15) is 30.0 Å². The van der Waals surface area contributed by atoms with Crippen LogP contribution in [0.5, 0.6) is 0 Å². The lowest BCUT2D eigenvalue weighted by atomic mass is 10.0. The number of nitrogens with one attached hydrogen (secondary N) is 1. The van der Waals surface area contributed by atoms with E-state index in [2.05, 4.69) is 44.0 Å². The van der Waals surface area contributed by atoms with Crippen LogP contribution in [-0.4, -0.2) is 12.5 Å². The monoisotopic (exact) mass is 238 g/mol. The van der Waals surface area contributed by atoms with E-state index in [0.29, 0.717) is 0 Å². The van der Waals surface area contributed by atoms with Gasteiger partial charge in [0.25, 0.3) is 0 Å². The maximum absolute atomic E-state index is 4.78. The van der Waals surface area contributed by atoms with Gasteiger partial charge in [0.1, 0.15) is 0 Å². The molecule has 0 heterocycles. The van der Waals surface area contributed by atoms with Crippen LogP contribution in [0.15, 0.2) is 12.1 Å². The van der Waals surface area contributed by atoms with E-state index in [1.54, 1.807) is 5.49 Å². The third kappa shape index (κ3) is 4.29. The Kier molecular flexibility index (Phi) is 7.77. The molecule has 3 heteroatoms. The van der Waals surface area contributed by atoms with Gasteiger partial charge in [-0.05, 0) is 50.1 Å². The third-order valence-corrected chi connectivity index (χ3v) is 2.53.